The third kappa shape index (κ3) is 12.1. The van der Waals surface area contributed by atoms with Crippen LogP contribution in [0.5, 0.6) is 0 Å². The fourth-order valence-electron chi connectivity index (χ4n) is 6.24. The number of primary amides is 1. The molecule has 54 heavy (non-hydrogen) atoms. The van der Waals surface area contributed by atoms with E-state index in [1.807, 2.05) is 125 Å². The summed E-state index contributed by atoms with van der Waals surface area (Å²) in [4.78, 5) is 11.7. The van der Waals surface area contributed by atoms with Gasteiger partial charge in [-0.3, -0.25) is 4.79 Å². The summed E-state index contributed by atoms with van der Waals surface area (Å²) in [5, 5.41) is 19.3. The molecular weight excluding hydrogens is 663 g/mol. The molecule has 1 amide bonds. The molecule has 0 fully saturated rings. The lowest BCUT2D eigenvalue weighted by Crippen LogP contribution is -2.28. The number of rotatable bonds is 10. The molecule has 0 aliphatic heterocycles. The van der Waals surface area contributed by atoms with E-state index in [1.165, 1.54) is 27.9 Å². The zero-order valence-electron chi connectivity index (χ0n) is 32.5. The fourth-order valence-corrected chi connectivity index (χ4v) is 6.24. The van der Waals surface area contributed by atoms with Crippen LogP contribution in [0.25, 0.3) is 0 Å². The molecule has 0 radical (unpaired) electrons. The summed E-state index contributed by atoms with van der Waals surface area (Å²) in [6.07, 6.45) is 0. The zero-order chi connectivity index (χ0) is 39.0. The third-order valence-electron chi connectivity index (χ3n) is 9.13. The van der Waals surface area contributed by atoms with E-state index in [-0.39, 0.29) is 11.9 Å². The highest BCUT2D eigenvalue weighted by atomic mass is 16.1. The quantitative estimate of drug-likeness (QED) is 0.113. The van der Waals surface area contributed by atoms with E-state index in [9.17, 15) is 10.1 Å². The lowest BCUT2D eigenvalue weighted by atomic mass is 10.0. The molecule has 0 aliphatic carbocycles. The van der Waals surface area contributed by atoms with E-state index in [1.54, 1.807) is 0 Å². The van der Waals surface area contributed by atoms with Crippen molar-refractivity contribution in [3.8, 4) is 6.07 Å². The first-order valence-electron chi connectivity index (χ1n) is 18.3. The molecule has 0 saturated carbocycles. The van der Waals surface area contributed by atoms with Crippen LogP contribution in [0.2, 0.25) is 0 Å². The summed E-state index contributed by atoms with van der Waals surface area (Å²) in [6.45, 7) is 14.5. The summed E-state index contributed by atoms with van der Waals surface area (Å²) in [7, 11) is 0. The maximum Gasteiger partial charge on any atom is 0.244 e. The molecule has 6 rings (SSSR count). The van der Waals surface area contributed by atoms with Gasteiger partial charge in [0.1, 0.15) is 12.1 Å². The topological polar surface area (TPSA) is 103 Å². The highest BCUT2D eigenvalue weighted by molar-refractivity contribution is 5.85. The predicted octanol–water partition coefficient (Wildman–Crippen LogP) is 11.4. The summed E-state index contributed by atoms with van der Waals surface area (Å²) in [5.74, 6) is -0.379. The Balaban J connectivity index is 0.000000181. The lowest BCUT2D eigenvalue weighted by Gasteiger charge is -2.19. The first-order chi connectivity index (χ1) is 25.9. The third-order valence-corrected chi connectivity index (χ3v) is 9.13. The lowest BCUT2D eigenvalue weighted by molar-refractivity contribution is -0.118. The van der Waals surface area contributed by atoms with Gasteiger partial charge < -0.3 is 21.7 Å². The number of nitrogens with two attached hydrogens (primary N) is 1. The number of amides is 1. The van der Waals surface area contributed by atoms with Crippen LogP contribution in [0.4, 0.5) is 17.1 Å². The average Bonchev–Trinajstić information content (AvgIpc) is 3.14. The normalized spacial score (nSPS) is 11.9. The molecule has 0 bridgehead atoms. The Morgan fingerprint density at radius 2 is 0.907 bits per heavy atom. The first-order valence-corrected chi connectivity index (χ1v) is 18.3. The first kappa shape index (κ1) is 40.5. The molecule has 276 valence electrons. The predicted molar refractivity (Wildman–Crippen MR) is 227 cm³/mol. The Bertz CT molecular complexity index is 2170. The van der Waals surface area contributed by atoms with E-state index >= 15 is 0 Å². The molecule has 3 unspecified atom stereocenters. The van der Waals surface area contributed by atoms with Gasteiger partial charge in [-0.1, -0.05) is 109 Å². The van der Waals surface area contributed by atoms with Crippen molar-refractivity contribution in [2.45, 2.75) is 66.6 Å². The largest absolute Gasteiger partial charge is 0.379 e. The van der Waals surface area contributed by atoms with Crippen LogP contribution >= 0.6 is 0 Å². The summed E-state index contributed by atoms with van der Waals surface area (Å²) in [5.41, 5.74) is 19.0. The number of hydrogen-bond acceptors (Lipinski definition) is 5. The molecular formula is C48H53N5O. The van der Waals surface area contributed by atoms with Gasteiger partial charge in [0.25, 0.3) is 0 Å². The molecule has 0 saturated heterocycles. The molecule has 0 spiro atoms. The van der Waals surface area contributed by atoms with Gasteiger partial charge in [-0.25, -0.2) is 0 Å². The maximum atomic E-state index is 11.7. The number of carbonyl (C=O) groups excluding carboxylic acids is 1. The smallest absolute Gasteiger partial charge is 0.244 e. The minimum atomic E-state index is -0.511. The van der Waals surface area contributed by atoms with Gasteiger partial charge >= 0.3 is 0 Å². The summed E-state index contributed by atoms with van der Waals surface area (Å²) in [6, 6.07) is 50.5. The zero-order valence-corrected chi connectivity index (χ0v) is 32.5. The molecule has 6 aromatic rings. The highest BCUT2D eigenvalue weighted by Gasteiger charge is 2.19. The van der Waals surface area contributed by atoms with Crippen molar-refractivity contribution in [2.24, 2.45) is 5.73 Å². The van der Waals surface area contributed by atoms with E-state index in [0.29, 0.717) is 6.04 Å². The number of aryl methyl sites for hydroxylation is 6. The van der Waals surface area contributed by atoms with E-state index < -0.39 is 6.04 Å². The van der Waals surface area contributed by atoms with Crippen molar-refractivity contribution in [1.82, 2.24) is 0 Å². The minimum absolute atomic E-state index is 0.312. The van der Waals surface area contributed by atoms with E-state index in [2.05, 4.69) is 91.3 Å². The van der Waals surface area contributed by atoms with Crippen molar-refractivity contribution in [1.29, 1.82) is 5.26 Å². The number of nitriles is 1. The van der Waals surface area contributed by atoms with Crippen LogP contribution in [0, 0.1) is 52.9 Å². The van der Waals surface area contributed by atoms with Gasteiger partial charge in [-0.05, 0) is 135 Å². The van der Waals surface area contributed by atoms with Gasteiger partial charge in [-0.2, -0.15) is 5.26 Å². The van der Waals surface area contributed by atoms with Crippen molar-refractivity contribution in [3.63, 3.8) is 0 Å². The maximum absolute atomic E-state index is 11.7. The molecule has 0 aliphatic rings. The van der Waals surface area contributed by atoms with Gasteiger partial charge in [0.05, 0.1) is 6.07 Å². The average molecular weight is 716 g/mol. The SMILES string of the molecule is Cc1cccc(NC(C#N)c2ccccc2C)c1.Cc1cccc(NC(C(N)=O)c2ccccc2C)c1.Cc1cccc(NC(C)c2ccccc2C)c1. The van der Waals surface area contributed by atoms with Crippen molar-refractivity contribution >= 4 is 23.0 Å². The number of nitrogens with zero attached hydrogens (tertiary/aromatic N) is 1. The molecule has 6 nitrogen and oxygen atoms in total. The molecule has 0 aromatic heterocycles. The second-order valence-corrected chi connectivity index (χ2v) is 13.7. The Hall–Kier alpha value is -6.32. The second kappa shape index (κ2) is 20.1. The molecule has 5 N–H and O–H groups in total. The van der Waals surface area contributed by atoms with Gasteiger partial charge in [-0.15, -0.1) is 0 Å². The van der Waals surface area contributed by atoms with Crippen LogP contribution in [0.1, 0.15) is 75.1 Å². The Kier molecular flexibility index (Phi) is 15.0. The van der Waals surface area contributed by atoms with Crippen LogP contribution in [-0.2, 0) is 4.79 Å². The van der Waals surface area contributed by atoms with Crippen molar-refractivity contribution < 1.29 is 4.79 Å². The number of carbonyl (C=O) groups is 1. The van der Waals surface area contributed by atoms with Crippen LogP contribution in [-0.4, -0.2) is 5.91 Å². The Labute approximate surface area is 322 Å². The fraction of sp³-hybridized carbons (Fsp3) is 0.208. The molecule has 6 heteroatoms. The highest BCUT2D eigenvalue weighted by Crippen LogP contribution is 2.25. The summed E-state index contributed by atoms with van der Waals surface area (Å²) >= 11 is 0. The Morgan fingerprint density at radius 1 is 0.519 bits per heavy atom. The Morgan fingerprint density at radius 3 is 1.31 bits per heavy atom. The molecule has 0 heterocycles. The number of hydrogen-bond donors (Lipinski definition) is 4. The standard InChI is InChI=1S/C16H18N2O.C16H16N2.C16H19N/c1-11-6-5-8-13(10-11)18-15(16(17)19)14-9-4-3-7-12(14)2;1-12-6-5-8-14(10-12)18-16(11-17)15-9-4-3-7-13(15)2;1-12-7-6-9-15(11-12)17-14(3)16-10-5-4-8-13(16)2/h3-10,15,18H,1-2H3,(H2,17,19);3-10,16,18H,1-2H3;4-11,14,17H,1-3H3. The van der Waals surface area contributed by atoms with Crippen LogP contribution in [0.3, 0.4) is 0 Å². The number of anilines is 3. The monoisotopic (exact) mass is 715 g/mol. The van der Waals surface area contributed by atoms with E-state index in [0.717, 1.165) is 39.2 Å². The van der Waals surface area contributed by atoms with E-state index in [4.69, 9.17) is 5.73 Å². The number of nitrogens with one attached hydrogen (secondary N) is 3. The molecule has 6 aromatic carbocycles. The second-order valence-electron chi connectivity index (χ2n) is 13.7. The van der Waals surface area contributed by atoms with Crippen LogP contribution in [0.15, 0.2) is 146 Å². The van der Waals surface area contributed by atoms with Crippen molar-refractivity contribution in [3.05, 3.63) is 196 Å². The summed E-state index contributed by atoms with van der Waals surface area (Å²) < 4.78 is 0. The minimum Gasteiger partial charge on any atom is -0.379 e. The van der Waals surface area contributed by atoms with Gasteiger partial charge in [0.15, 0.2) is 0 Å². The van der Waals surface area contributed by atoms with Crippen molar-refractivity contribution in [2.75, 3.05) is 16.0 Å². The van der Waals surface area contributed by atoms with Crippen LogP contribution < -0.4 is 21.7 Å². The molecule has 3 atom stereocenters. The van der Waals surface area contributed by atoms with Gasteiger partial charge in [0, 0.05) is 23.1 Å². The van der Waals surface area contributed by atoms with Gasteiger partial charge in [0.2, 0.25) is 5.91 Å². The number of benzene rings is 6.